The van der Waals surface area contributed by atoms with Crippen LogP contribution in [0.1, 0.15) is 12.0 Å². The number of pyridine rings is 1. The molecule has 0 aliphatic heterocycles. The third kappa shape index (κ3) is 3.95. The van der Waals surface area contributed by atoms with Gasteiger partial charge in [-0.15, -0.1) is 0 Å². The van der Waals surface area contributed by atoms with Crippen LogP contribution in [-0.4, -0.2) is 43.0 Å². The monoisotopic (exact) mass is 259 g/mol. The first-order valence-corrected chi connectivity index (χ1v) is 6.67. The van der Waals surface area contributed by atoms with Gasteiger partial charge in [0, 0.05) is 32.6 Å². The minimum Gasteiger partial charge on any atom is -0.396 e. The van der Waals surface area contributed by atoms with E-state index in [0.717, 1.165) is 5.56 Å². The van der Waals surface area contributed by atoms with Crippen LogP contribution >= 0.6 is 0 Å². The number of anilines is 1. The van der Waals surface area contributed by atoms with Gasteiger partial charge in [0.25, 0.3) is 0 Å². The lowest BCUT2D eigenvalue weighted by Crippen LogP contribution is -2.33. The van der Waals surface area contributed by atoms with Crippen LogP contribution in [-0.2, 0) is 10.2 Å². The number of hydrogen-bond acceptors (Lipinski definition) is 4. The van der Waals surface area contributed by atoms with Crippen molar-refractivity contribution in [2.75, 3.05) is 24.9 Å². The molecule has 17 heavy (non-hydrogen) atoms. The van der Waals surface area contributed by atoms with Crippen molar-refractivity contribution in [3.05, 3.63) is 24.0 Å². The van der Waals surface area contributed by atoms with E-state index in [2.05, 4.69) is 9.71 Å². The Morgan fingerprint density at radius 2 is 2.24 bits per heavy atom. The summed E-state index contributed by atoms with van der Waals surface area (Å²) in [5, 5.41) is 8.66. The Hall–Kier alpha value is -1.18. The molecule has 0 atom stereocenters. The molecule has 1 heterocycles. The van der Waals surface area contributed by atoms with E-state index in [-0.39, 0.29) is 13.2 Å². The van der Waals surface area contributed by atoms with Gasteiger partial charge >= 0.3 is 10.2 Å². The lowest BCUT2D eigenvalue weighted by molar-refractivity contribution is 0.276. The Bertz CT molecular complexity index is 462. The van der Waals surface area contributed by atoms with Crippen molar-refractivity contribution >= 4 is 15.9 Å². The molecule has 0 unspecified atom stereocenters. The fourth-order valence-corrected chi connectivity index (χ4v) is 2.25. The van der Waals surface area contributed by atoms with Crippen LogP contribution in [0.15, 0.2) is 18.5 Å². The molecule has 1 aromatic heterocycles. The average molecular weight is 259 g/mol. The molecule has 0 saturated heterocycles. The highest BCUT2D eigenvalue weighted by molar-refractivity contribution is 7.90. The molecule has 0 aliphatic rings. The van der Waals surface area contributed by atoms with E-state index in [4.69, 9.17) is 5.11 Å². The van der Waals surface area contributed by atoms with E-state index in [0.29, 0.717) is 12.1 Å². The van der Waals surface area contributed by atoms with Crippen LogP contribution in [0.4, 0.5) is 5.69 Å². The molecule has 0 amide bonds. The minimum atomic E-state index is -3.56. The van der Waals surface area contributed by atoms with Gasteiger partial charge in [0.2, 0.25) is 0 Å². The minimum absolute atomic E-state index is 0.0336. The van der Waals surface area contributed by atoms with E-state index in [1.165, 1.54) is 17.5 Å². The molecule has 7 heteroatoms. The summed E-state index contributed by atoms with van der Waals surface area (Å²) in [4.78, 5) is 3.89. The normalized spacial score (nSPS) is 11.8. The van der Waals surface area contributed by atoms with Gasteiger partial charge in [-0.05, 0) is 25.0 Å². The largest absolute Gasteiger partial charge is 0.396 e. The van der Waals surface area contributed by atoms with Crippen molar-refractivity contribution in [3.63, 3.8) is 0 Å². The zero-order valence-corrected chi connectivity index (χ0v) is 10.7. The standard InChI is InChI=1S/C10H17N3O3S/c1-9-8-11-5-4-10(9)12-17(15,16)13(2)6-3-7-14/h4-5,8,14H,3,6-7H2,1-2H3,(H,11,12). The molecular weight excluding hydrogens is 242 g/mol. The highest BCUT2D eigenvalue weighted by Gasteiger charge is 2.17. The molecule has 1 rings (SSSR count). The summed E-state index contributed by atoms with van der Waals surface area (Å²) >= 11 is 0. The zero-order valence-electron chi connectivity index (χ0n) is 9.92. The lowest BCUT2D eigenvalue weighted by Gasteiger charge is -2.18. The Kier molecular flexibility index (Phi) is 4.86. The first-order chi connectivity index (χ1) is 7.97. The third-order valence-electron chi connectivity index (χ3n) is 2.30. The summed E-state index contributed by atoms with van der Waals surface area (Å²) in [6.07, 6.45) is 3.52. The van der Waals surface area contributed by atoms with Gasteiger partial charge in [-0.25, -0.2) is 0 Å². The van der Waals surface area contributed by atoms with Gasteiger partial charge in [0.1, 0.15) is 0 Å². The molecular formula is C10H17N3O3S. The molecule has 0 radical (unpaired) electrons. The second-order valence-electron chi connectivity index (χ2n) is 3.70. The van der Waals surface area contributed by atoms with E-state index < -0.39 is 10.2 Å². The molecule has 1 aromatic rings. The maximum Gasteiger partial charge on any atom is 0.301 e. The number of hydrogen-bond donors (Lipinski definition) is 2. The fourth-order valence-electron chi connectivity index (χ4n) is 1.22. The van der Waals surface area contributed by atoms with Crippen LogP contribution in [0.5, 0.6) is 0 Å². The number of nitrogens with zero attached hydrogens (tertiary/aromatic N) is 2. The van der Waals surface area contributed by atoms with Gasteiger partial charge in [-0.1, -0.05) is 0 Å². The maximum absolute atomic E-state index is 11.9. The number of rotatable bonds is 6. The topological polar surface area (TPSA) is 82.5 Å². The summed E-state index contributed by atoms with van der Waals surface area (Å²) in [6, 6.07) is 1.60. The average Bonchev–Trinajstić information content (AvgIpc) is 2.28. The molecule has 0 aromatic carbocycles. The van der Waals surface area contributed by atoms with Gasteiger partial charge in [0.15, 0.2) is 0 Å². The van der Waals surface area contributed by atoms with Crippen molar-refractivity contribution in [2.45, 2.75) is 13.3 Å². The van der Waals surface area contributed by atoms with Crippen molar-refractivity contribution in [3.8, 4) is 0 Å². The smallest absolute Gasteiger partial charge is 0.301 e. The molecule has 0 spiro atoms. The summed E-state index contributed by atoms with van der Waals surface area (Å²) in [5.41, 5.74) is 1.27. The summed E-state index contributed by atoms with van der Waals surface area (Å²) in [5.74, 6) is 0. The lowest BCUT2D eigenvalue weighted by atomic mass is 10.3. The van der Waals surface area contributed by atoms with Gasteiger partial charge < -0.3 is 5.11 Å². The van der Waals surface area contributed by atoms with Crippen LogP contribution < -0.4 is 4.72 Å². The molecule has 0 fully saturated rings. The number of aliphatic hydroxyl groups is 1. The van der Waals surface area contributed by atoms with E-state index in [1.807, 2.05) is 0 Å². The molecule has 0 saturated carbocycles. The molecule has 6 nitrogen and oxygen atoms in total. The first kappa shape index (κ1) is 13.9. The van der Waals surface area contributed by atoms with Crippen molar-refractivity contribution in [1.82, 2.24) is 9.29 Å². The number of aromatic nitrogens is 1. The predicted molar refractivity (Wildman–Crippen MR) is 65.8 cm³/mol. The second kappa shape index (κ2) is 5.95. The highest BCUT2D eigenvalue weighted by Crippen LogP contribution is 2.14. The van der Waals surface area contributed by atoms with Crippen molar-refractivity contribution < 1.29 is 13.5 Å². The molecule has 0 bridgehead atoms. The highest BCUT2D eigenvalue weighted by atomic mass is 32.2. The van der Waals surface area contributed by atoms with Crippen LogP contribution in [0.25, 0.3) is 0 Å². The number of aliphatic hydroxyl groups excluding tert-OH is 1. The maximum atomic E-state index is 11.9. The van der Waals surface area contributed by atoms with Gasteiger partial charge in [0.05, 0.1) is 5.69 Å². The quantitative estimate of drug-likeness (QED) is 0.773. The Labute approximate surface area is 101 Å². The fraction of sp³-hybridized carbons (Fsp3) is 0.500. The van der Waals surface area contributed by atoms with Crippen molar-refractivity contribution in [2.24, 2.45) is 0 Å². The first-order valence-electron chi connectivity index (χ1n) is 5.23. The molecule has 0 aliphatic carbocycles. The van der Waals surface area contributed by atoms with Crippen LogP contribution in [0.3, 0.4) is 0 Å². The Balaban J connectivity index is 2.76. The Morgan fingerprint density at radius 1 is 1.53 bits per heavy atom. The van der Waals surface area contributed by atoms with Crippen molar-refractivity contribution in [1.29, 1.82) is 0 Å². The molecule has 2 N–H and O–H groups in total. The second-order valence-corrected chi connectivity index (χ2v) is 5.47. The SMILES string of the molecule is Cc1cnccc1NS(=O)(=O)N(C)CCCO. The van der Waals surface area contributed by atoms with Gasteiger partial charge in [-0.2, -0.15) is 12.7 Å². The Morgan fingerprint density at radius 3 is 2.82 bits per heavy atom. The third-order valence-corrected chi connectivity index (χ3v) is 3.78. The zero-order chi connectivity index (χ0) is 12.9. The van der Waals surface area contributed by atoms with E-state index >= 15 is 0 Å². The van der Waals surface area contributed by atoms with Gasteiger partial charge in [-0.3, -0.25) is 9.71 Å². The number of aryl methyl sites for hydroxylation is 1. The van der Waals surface area contributed by atoms with E-state index in [9.17, 15) is 8.42 Å². The molecule has 96 valence electrons. The van der Waals surface area contributed by atoms with E-state index in [1.54, 1.807) is 19.2 Å². The summed E-state index contributed by atoms with van der Waals surface area (Å²) in [7, 11) is -2.10. The predicted octanol–water partition coefficient (Wildman–Crippen LogP) is 0.361. The van der Waals surface area contributed by atoms with Crippen LogP contribution in [0, 0.1) is 6.92 Å². The summed E-state index contributed by atoms with van der Waals surface area (Å²) < 4.78 is 27.4. The number of nitrogens with one attached hydrogen (secondary N) is 1. The summed E-state index contributed by atoms with van der Waals surface area (Å²) in [6.45, 7) is 2.02. The van der Waals surface area contributed by atoms with Crippen LogP contribution in [0.2, 0.25) is 0 Å².